The van der Waals surface area contributed by atoms with Gasteiger partial charge < -0.3 is 0 Å². The molecule has 702 valence electrons. The highest BCUT2D eigenvalue weighted by Crippen LogP contribution is 2.63. The molecule has 0 spiro atoms. The molecule has 0 heteroatoms. The average Bonchev–Trinajstić information content (AvgIpc) is 1.53. The number of benzene rings is 22. The molecule has 0 saturated heterocycles. The minimum atomic E-state index is 0.0202. The summed E-state index contributed by atoms with van der Waals surface area (Å²) in [6, 6.07) is 153. The summed E-state index contributed by atoms with van der Waals surface area (Å²) >= 11 is 0. The first kappa shape index (κ1) is 89.7. The molecule has 0 heterocycles. The van der Waals surface area contributed by atoms with Gasteiger partial charge in [-0.15, -0.1) is 0 Å². The van der Waals surface area contributed by atoms with Gasteiger partial charge in [-0.3, -0.25) is 0 Å². The maximum absolute atomic E-state index is 2.49. The van der Waals surface area contributed by atoms with Crippen molar-refractivity contribution in [3.05, 3.63) is 513 Å². The van der Waals surface area contributed by atoms with Crippen LogP contribution in [0.2, 0.25) is 0 Å². The second-order valence-electron chi connectivity index (χ2n) is 47.2. The van der Waals surface area contributed by atoms with Crippen molar-refractivity contribution in [2.75, 3.05) is 0 Å². The van der Waals surface area contributed by atoms with Crippen LogP contribution in [0.1, 0.15) is 225 Å². The standard InChI is InChI=1S/C28H24.2C24H22.3C23H18/c1-27(2)21-11-7-5-9-19(21)25-17-14-16-24-26(18(17)13-15-23(25)27)20-10-6-8-12-22(20)28(24,3)4;1-23(2)19-11-7-5-9-15(19)17-14-22-18(13-21(17)23)16-10-6-8-12-20(16)24(22,3)4;1-23(2)19-11-7-5-9-15(19)17-13-18-16-10-6-8-12-20(16)24(3,4)22(18)14-21(17)23;1-23(2)21-13-17-9-5-3-7-15(17)11-19(21)20-12-16-8-4-6-10-18(16)14-22(20)23;1-23(2)21-17-9-5-3-7-15(17)11-13-19(21)20-14-12-16-8-4-6-10-18(16)22(20)23;1-23(2)21-14-17-9-4-3-8-16(17)13-20(21)19-12-11-15-7-5-6-10-18(15)22(19)23/h5-16H,1-4H3;2*5-14H,1-4H3;3*3-14H,1-2H3. The molecular weight excluding hydrogens is 1740 g/mol. The minimum Gasteiger partial charge on any atom is -0.0619 e. The zero-order valence-electron chi connectivity index (χ0n) is 86.8. The Hall–Kier alpha value is -15.3. The Bertz CT molecular complexity index is 8840. The summed E-state index contributed by atoms with van der Waals surface area (Å²) < 4.78 is 0. The van der Waals surface area contributed by atoms with E-state index in [-0.39, 0.29) is 48.7 Å². The minimum absolute atomic E-state index is 0.0202. The van der Waals surface area contributed by atoms with Gasteiger partial charge in [0.15, 0.2) is 0 Å². The van der Waals surface area contributed by atoms with E-state index < -0.39 is 0 Å². The highest BCUT2D eigenvalue weighted by atomic mass is 14.5. The predicted octanol–water partition coefficient (Wildman–Crippen LogP) is 38.9. The van der Waals surface area contributed by atoms with Gasteiger partial charge in [0.2, 0.25) is 0 Å². The van der Waals surface area contributed by atoms with Gasteiger partial charge in [-0.1, -0.05) is 483 Å². The van der Waals surface area contributed by atoms with Crippen LogP contribution in [-0.4, -0.2) is 0 Å². The first-order chi connectivity index (χ1) is 69.7. The smallest absolute Gasteiger partial charge is 0.0171 e. The summed E-state index contributed by atoms with van der Waals surface area (Å²) in [7, 11) is 0. The van der Waals surface area contributed by atoms with Crippen LogP contribution in [0.15, 0.2) is 413 Å². The fraction of sp³-hybridized carbons (Fsp3) is 0.186. The summed E-state index contributed by atoms with van der Waals surface area (Å²) in [5.41, 5.74) is 52.1. The van der Waals surface area contributed by atoms with Crippen molar-refractivity contribution < 1.29 is 0 Å². The number of hydrogen-bond donors (Lipinski definition) is 0. The molecule has 0 amide bonds. The van der Waals surface area contributed by atoms with Gasteiger partial charge in [-0.2, -0.15) is 0 Å². The Morgan fingerprint density at radius 2 is 0.310 bits per heavy atom. The summed E-state index contributed by atoms with van der Waals surface area (Å²) in [6.07, 6.45) is 0. The lowest BCUT2D eigenvalue weighted by molar-refractivity contribution is 0.639. The predicted molar refractivity (Wildman–Crippen MR) is 619 cm³/mol. The Morgan fingerprint density at radius 3 is 0.634 bits per heavy atom. The van der Waals surface area contributed by atoms with Gasteiger partial charge in [0.05, 0.1) is 0 Å². The summed E-state index contributed by atoms with van der Waals surface area (Å²) in [4.78, 5) is 0. The van der Waals surface area contributed by atoms with E-state index in [1.165, 1.54) is 276 Å². The first-order valence-corrected chi connectivity index (χ1v) is 52.5. The van der Waals surface area contributed by atoms with Crippen LogP contribution in [-0.2, 0) is 48.7 Å². The van der Waals surface area contributed by atoms with Gasteiger partial charge in [0.25, 0.3) is 0 Å². The fourth-order valence-electron chi connectivity index (χ4n) is 28.5. The Morgan fingerprint density at radius 1 is 0.103 bits per heavy atom. The lowest BCUT2D eigenvalue weighted by Gasteiger charge is -2.25. The SMILES string of the molecule is CC1(C)c2c(ccc3ccccc23)-c2ccc3ccccc3c21.CC1(C)c2cc3ccccc3cc2-c2cc3ccccc3cc21.CC1(C)c2cc3ccccc3cc2-c2ccc3ccccc3c21.CC1(C)c2ccccc2-c2c1ccc1c3c(ccc21)C(C)(C)c1ccccc1-3.CC1(C)c2ccccc2-c2cc3c(cc21)-c1ccccc1C3(C)C.CC1(C)c2ccccc2-c2cc3c(cc21)C(C)(C)c1ccccc1-3. The maximum Gasteiger partial charge on any atom is 0.0171 e. The van der Waals surface area contributed by atoms with Gasteiger partial charge in [-0.25, -0.2) is 0 Å². The lowest BCUT2D eigenvalue weighted by atomic mass is 9.78. The van der Waals surface area contributed by atoms with Crippen molar-refractivity contribution in [2.24, 2.45) is 0 Å². The zero-order valence-corrected chi connectivity index (χ0v) is 86.8. The molecule has 0 unspecified atom stereocenters. The number of rotatable bonds is 0. The third kappa shape index (κ3) is 13.1. The first-order valence-electron chi connectivity index (χ1n) is 52.5. The van der Waals surface area contributed by atoms with E-state index in [1.54, 1.807) is 0 Å². The van der Waals surface area contributed by atoms with E-state index in [4.69, 9.17) is 0 Å². The van der Waals surface area contributed by atoms with Crippen LogP contribution in [0.3, 0.4) is 0 Å². The number of fused-ring (bicyclic) bond motifs is 39. The molecule has 0 bridgehead atoms. The summed E-state index contributed by atoms with van der Waals surface area (Å²) in [5, 5.41) is 18.9. The van der Waals surface area contributed by atoms with Gasteiger partial charge in [0.1, 0.15) is 0 Å². The van der Waals surface area contributed by atoms with Crippen molar-refractivity contribution in [3.63, 3.8) is 0 Å². The van der Waals surface area contributed by atoms with Crippen LogP contribution in [0.25, 0.3) is 176 Å². The molecule has 0 saturated carbocycles. The van der Waals surface area contributed by atoms with Crippen LogP contribution in [0.5, 0.6) is 0 Å². The molecule has 22 aromatic rings. The number of hydrogen-bond acceptors (Lipinski definition) is 0. The molecule has 31 rings (SSSR count). The van der Waals surface area contributed by atoms with Crippen molar-refractivity contribution in [1.82, 2.24) is 0 Å². The van der Waals surface area contributed by atoms with Gasteiger partial charge >= 0.3 is 0 Å². The molecule has 0 N–H and O–H groups in total. The summed E-state index contributed by atoms with van der Waals surface area (Å²) in [6.45, 7) is 42.5. The van der Waals surface area contributed by atoms with Gasteiger partial charge in [0, 0.05) is 48.7 Å². The van der Waals surface area contributed by atoms with E-state index in [0.29, 0.717) is 0 Å². The van der Waals surface area contributed by atoms with Crippen molar-refractivity contribution in [1.29, 1.82) is 0 Å². The van der Waals surface area contributed by atoms with E-state index in [9.17, 15) is 0 Å². The third-order valence-electron chi connectivity index (χ3n) is 36.1. The van der Waals surface area contributed by atoms with E-state index in [2.05, 4.69) is 537 Å². The van der Waals surface area contributed by atoms with Crippen molar-refractivity contribution in [3.8, 4) is 100 Å². The molecule has 0 radical (unpaired) electrons. The van der Waals surface area contributed by atoms with Crippen LogP contribution >= 0.6 is 0 Å². The molecule has 9 aliphatic rings. The second-order valence-corrected chi connectivity index (χ2v) is 47.2. The maximum atomic E-state index is 2.49. The van der Waals surface area contributed by atoms with Crippen molar-refractivity contribution >= 4 is 75.4 Å². The van der Waals surface area contributed by atoms with Crippen LogP contribution < -0.4 is 0 Å². The molecule has 9 aliphatic carbocycles. The monoisotopic (exact) mass is 1860 g/mol. The third-order valence-corrected chi connectivity index (χ3v) is 36.1. The lowest BCUT2D eigenvalue weighted by Crippen LogP contribution is -2.18. The topological polar surface area (TPSA) is 0 Å². The van der Waals surface area contributed by atoms with E-state index in [0.717, 1.165) is 0 Å². The molecule has 0 nitrogen and oxygen atoms in total. The van der Waals surface area contributed by atoms with Crippen LogP contribution in [0.4, 0.5) is 0 Å². The van der Waals surface area contributed by atoms with Crippen LogP contribution in [0, 0.1) is 0 Å². The molecule has 145 heavy (non-hydrogen) atoms. The van der Waals surface area contributed by atoms with Crippen molar-refractivity contribution in [2.45, 2.75) is 173 Å². The molecule has 22 aromatic carbocycles. The second kappa shape index (κ2) is 31.8. The molecule has 0 atom stereocenters. The largest absolute Gasteiger partial charge is 0.0619 e. The zero-order chi connectivity index (χ0) is 99.5. The molecule has 0 aromatic heterocycles. The summed E-state index contributed by atoms with van der Waals surface area (Å²) in [5.74, 6) is 0. The normalized spacial score (nSPS) is 16.3. The molecule has 0 fully saturated rings. The average molecular weight is 1860 g/mol. The van der Waals surface area contributed by atoms with E-state index in [1.807, 2.05) is 0 Å². The Kier molecular flexibility index (Phi) is 19.7. The molecule has 0 aliphatic heterocycles. The molecular formula is C145H122. The quantitative estimate of drug-likeness (QED) is 0.142. The fourth-order valence-corrected chi connectivity index (χ4v) is 28.5. The van der Waals surface area contributed by atoms with Gasteiger partial charge in [-0.05, 0) is 330 Å². The highest BCUT2D eigenvalue weighted by Gasteiger charge is 2.48. The highest BCUT2D eigenvalue weighted by molar-refractivity contribution is 6.12. The Labute approximate surface area is 855 Å². The van der Waals surface area contributed by atoms with E-state index >= 15 is 0 Å². The Balaban J connectivity index is 0.0000000887.